The van der Waals surface area contributed by atoms with E-state index in [0.29, 0.717) is 33.7 Å². The Kier molecular flexibility index (Phi) is 7.81. The van der Waals surface area contributed by atoms with Gasteiger partial charge >= 0.3 is 0 Å². The molecule has 5 aromatic heterocycles. The predicted octanol–water partition coefficient (Wildman–Crippen LogP) is 6.48. The lowest BCUT2D eigenvalue weighted by atomic mass is 9.88. The molecule has 0 saturated heterocycles. The van der Waals surface area contributed by atoms with Crippen LogP contribution in [-0.2, 0) is 21.1 Å². The van der Waals surface area contributed by atoms with Gasteiger partial charge in [-0.15, -0.1) is 0 Å². The van der Waals surface area contributed by atoms with Crippen LogP contribution in [0.4, 0.5) is 10.1 Å². The molecule has 46 heavy (non-hydrogen) atoms. The molecule has 0 unspecified atom stereocenters. The lowest BCUT2D eigenvalue weighted by molar-refractivity contribution is -0.120. The van der Waals surface area contributed by atoms with E-state index in [2.05, 4.69) is 35.5 Å². The molecule has 1 aliphatic carbocycles. The Balaban J connectivity index is 1.21. The number of carbonyl (C=O) groups excluding carboxylic acids is 1. The molecule has 1 aromatic carbocycles. The smallest absolute Gasteiger partial charge is 0.227 e. The second-order valence-corrected chi connectivity index (χ2v) is 14.3. The maximum absolute atomic E-state index is 14.7. The molecule has 6 aromatic rings. The quantitative estimate of drug-likeness (QED) is 0.173. The highest BCUT2D eigenvalue weighted by Crippen LogP contribution is 2.35. The van der Waals surface area contributed by atoms with Crippen molar-refractivity contribution in [2.24, 2.45) is 5.92 Å². The molecule has 7 rings (SSSR count). The molecule has 0 spiro atoms. The van der Waals surface area contributed by atoms with E-state index in [0.717, 1.165) is 58.8 Å². The Bertz CT molecular complexity index is 2200. The average Bonchev–Trinajstić information content (AvgIpc) is 3.68. The highest BCUT2D eigenvalue weighted by Gasteiger charge is 2.21. The van der Waals surface area contributed by atoms with Crippen molar-refractivity contribution < 1.29 is 17.6 Å². The predicted molar refractivity (Wildman–Crippen MR) is 176 cm³/mol. The fourth-order valence-electron chi connectivity index (χ4n) is 6.21. The number of rotatable bonds is 8. The van der Waals surface area contributed by atoms with Crippen LogP contribution in [0.15, 0.2) is 67.4 Å². The first-order chi connectivity index (χ1) is 22.2. The highest BCUT2D eigenvalue weighted by molar-refractivity contribution is 7.90. The third-order valence-corrected chi connectivity index (χ3v) is 9.52. The van der Waals surface area contributed by atoms with Crippen molar-refractivity contribution in [1.29, 1.82) is 0 Å². The van der Waals surface area contributed by atoms with E-state index in [4.69, 9.17) is 0 Å². The third kappa shape index (κ3) is 6.25. The van der Waals surface area contributed by atoms with E-state index < -0.39 is 15.7 Å². The average molecular weight is 638 g/mol. The van der Waals surface area contributed by atoms with Crippen molar-refractivity contribution in [1.82, 2.24) is 30.1 Å². The molecule has 0 aliphatic heterocycles. The van der Waals surface area contributed by atoms with Gasteiger partial charge in [0, 0.05) is 58.2 Å². The van der Waals surface area contributed by atoms with E-state index in [9.17, 15) is 17.6 Å². The van der Waals surface area contributed by atoms with E-state index in [1.807, 2.05) is 18.2 Å². The van der Waals surface area contributed by atoms with E-state index in [1.165, 1.54) is 24.8 Å². The monoisotopic (exact) mass is 637 g/mol. The third-order valence-electron chi connectivity index (χ3n) is 8.57. The molecule has 1 aliphatic rings. The van der Waals surface area contributed by atoms with E-state index >= 15 is 0 Å². The summed E-state index contributed by atoms with van der Waals surface area (Å²) in [5.74, 6) is -0.427. The highest BCUT2D eigenvalue weighted by atomic mass is 32.2. The SMILES string of the molecule is CS(=O)(=O)CCc1cc(F)cc(-c2cncc3[nH]c(-c4[nH]nc5ncc(-c6cncc(NC(=O)C7CCCCC7)c6)cc45)cc23)c1. The minimum absolute atomic E-state index is 0.0405. The summed E-state index contributed by atoms with van der Waals surface area (Å²) < 4.78 is 38.1. The second kappa shape index (κ2) is 12.1. The number of aryl methyl sites for hydroxylation is 1. The van der Waals surface area contributed by atoms with Gasteiger partial charge in [0.05, 0.1) is 40.7 Å². The van der Waals surface area contributed by atoms with Crippen molar-refractivity contribution >= 4 is 43.4 Å². The zero-order valence-electron chi connectivity index (χ0n) is 25.2. The van der Waals surface area contributed by atoms with E-state index in [-0.39, 0.29) is 24.0 Å². The minimum atomic E-state index is -3.19. The normalized spacial score (nSPS) is 14.2. The summed E-state index contributed by atoms with van der Waals surface area (Å²) >= 11 is 0. The van der Waals surface area contributed by atoms with Crippen LogP contribution in [0.1, 0.15) is 37.7 Å². The molecular formula is C34H32FN7O3S. The minimum Gasteiger partial charge on any atom is -0.352 e. The van der Waals surface area contributed by atoms with Crippen LogP contribution < -0.4 is 5.32 Å². The maximum atomic E-state index is 14.7. The summed E-state index contributed by atoms with van der Waals surface area (Å²) in [4.78, 5) is 29.6. The van der Waals surface area contributed by atoms with Gasteiger partial charge < -0.3 is 10.3 Å². The summed E-state index contributed by atoms with van der Waals surface area (Å²) in [6, 6.07) is 10.4. The fraction of sp³-hybridized carbons (Fsp3) is 0.265. The Morgan fingerprint density at radius 2 is 1.72 bits per heavy atom. The number of carbonyl (C=O) groups is 1. The van der Waals surface area contributed by atoms with Gasteiger partial charge in [0.15, 0.2) is 5.65 Å². The van der Waals surface area contributed by atoms with Gasteiger partial charge in [-0.3, -0.25) is 19.9 Å². The van der Waals surface area contributed by atoms with Crippen molar-refractivity contribution in [3.63, 3.8) is 0 Å². The number of benzene rings is 1. The zero-order chi connectivity index (χ0) is 31.8. The summed E-state index contributed by atoms with van der Waals surface area (Å²) in [7, 11) is -3.19. The second-order valence-electron chi connectivity index (χ2n) is 12.0. The van der Waals surface area contributed by atoms with E-state index in [1.54, 1.807) is 37.1 Å². The lowest BCUT2D eigenvalue weighted by Gasteiger charge is -2.20. The van der Waals surface area contributed by atoms with Gasteiger partial charge in [0.25, 0.3) is 0 Å². The van der Waals surface area contributed by atoms with Gasteiger partial charge in [-0.2, -0.15) is 5.10 Å². The largest absolute Gasteiger partial charge is 0.352 e. The van der Waals surface area contributed by atoms with Gasteiger partial charge in [-0.25, -0.2) is 17.8 Å². The van der Waals surface area contributed by atoms with Gasteiger partial charge in [0.1, 0.15) is 15.7 Å². The van der Waals surface area contributed by atoms with Crippen LogP contribution in [0.5, 0.6) is 0 Å². The summed E-state index contributed by atoms with van der Waals surface area (Å²) in [6.07, 6.45) is 15.1. The number of pyridine rings is 3. The molecule has 10 nitrogen and oxygen atoms in total. The Labute approximate surface area is 264 Å². The summed E-state index contributed by atoms with van der Waals surface area (Å²) in [5, 5.41) is 12.2. The van der Waals surface area contributed by atoms with Gasteiger partial charge in [-0.1, -0.05) is 25.3 Å². The number of aromatic nitrogens is 6. The van der Waals surface area contributed by atoms with Gasteiger partial charge in [-0.05, 0) is 60.7 Å². The van der Waals surface area contributed by atoms with Crippen LogP contribution in [-0.4, -0.2) is 56.5 Å². The number of hydrogen-bond acceptors (Lipinski definition) is 7. The Morgan fingerprint density at radius 1 is 0.913 bits per heavy atom. The molecule has 1 fully saturated rings. The molecular weight excluding hydrogens is 605 g/mol. The number of anilines is 1. The number of H-pyrrole nitrogens is 2. The number of sulfone groups is 1. The van der Waals surface area contributed by atoms with Crippen molar-refractivity contribution in [2.45, 2.75) is 38.5 Å². The van der Waals surface area contributed by atoms with Crippen LogP contribution >= 0.6 is 0 Å². The zero-order valence-corrected chi connectivity index (χ0v) is 26.0. The van der Waals surface area contributed by atoms with Crippen molar-refractivity contribution in [3.05, 3.63) is 78.8 Å². The molecule has 1 saturated carbocycles. The molecule has 0 bridgehead atoms. The molecule has 0 radical (unpaired) electrons. The lowest BCUT2D eigenvalue weighted by Crippen LogP contribution is -2.24. The van der Waals surface area contributed by atoms with Gasteiger partial charge in [0.2, 0.25) is 5.91 Å². The molecule has 3 N–H and O–H groups in total. The van der Waals surface area contributed by atoms with Crippen LogP contribution in [0.3, 0.4) is 0 Å². The molecule has 234 valence electrons. The number of halogens is 1. The summed E-state index contributed by atoms with van der Waals surface area (Å²) in [5.41, 5.74) is 6.92. The number of fused-ring (bicyclic) bond motifs is 2. The molecule has 0 atom stereocenters. The molecule has 1 amide bonds. The van der Waals surface area contributed by atoms with Crippen molar-refractivity contribution in [3.8, 4) is 33.6 Å². The molecule has 5 heterocycles. The number of amides is 1. The van der Waals surface area contributed by atoms with Crippen LogP contribution in [0, 0.1) is 11.7 Å². The first-order valence-electron chi connectivity index (χ1n) is 15.3. The number of nitrogens with one attached hydrogen (secondary N) is 3. The Morgan fingerprint density at radius 3 is 2.54 bits per heavy atom. The standard InChI is InChI=1S/C34H32FN7O3S/c1-46(44,45)8-7-20-9-22(11-25(35)10-20)29-18-37-19-31-27(29)14-30(40-31)32-28-13-24(16-38-33(28)42-41-32)23-12-26(17-36-15-23)39-34(43)21-5-3-2-4-6-21/h9-19,21,40H,2-8H2,1H3,(H,39,43)(H,38,41,42). The summed E-state index contributed by atoms with van der Waals surface area (Å²) in [6.45, 7) is 0. The number of hydrogen-bond donors (Lipinski definition) is 3. The maximum Gasteiger partial charge on any atom is 0.227 e. The van der Waals surface area contributed by atoms with Crippen LogP contribution in [0.25, 0.3) is 55.6 Å². The van der Waals surface area contributed by atoms with Crippen LogP contribution in [0.2, 0.25) is 0 Å². The first kappa shape index (κ1) is 29.7. The number of nitrogens with zero attached hydrogens (tertiary/aromatic N) is 4. The number of aromatic amines is 2. The topological polar surface area (TPSA) is 146 Å². The fourth-order valence-corrected chi connectivity index (χ4v) is 6.81. The molecule has 12 heteroatoms. The first-order valence-corrected chi connectivity index (χ1v) is 17.3. The van der Waals surface area contributed by atoms with Crippen molar-refractivity contribution in [2.75, 3.05) is 17.3 Å². The Hall–Kier alpha value is -4.97.